The molecule has 2 aromatic rings. The largest absolute Gasteiger partial charge is 0.335 e. The third-order valence-corrected chi connectivity index (χ3v) is 3.29. The molecule has 0 spiro atoms. The molecule has 4 heteroatoms. The third kappa shape index (κ3) is 3.20. The van der Waals surface area contributed by atoms with E-state index in [2.05, 4.69) is 16.5 Å². The highest BCUT2D eigenvalue weighted by molar-refractivity contribution is 5.26. The minimum Gasteiger partial charge on any atom is -0.335 e. The lowest BCUT2D eigenvalue weighted by Gasteiger charge is -2.14. The molecule has 0 saturated heterocycles. The molecule has 2 rings (SSSR count). The first-order chi connectivity index (χ1) is 9.11. The number of aryl methyl sites for hydroxylation is 2. The standard InChI is InChI=1S/C15H20FN3/c1-3-7-19-8-6-18-15(19)10-14(17)12-5-4-11(2)13(16)9-12/h4-6,8-9,14H,3,7,10,17H2,1-2H3. The minimum absolute atomic E-state index is 0.204. The van der Waals surface area contributed by atoms with Crippen molar-refractivity contribution in [1.29, 1.82) is 0 Å². The van der Waals surface area contributed by atoms with Crippen LogP contribution in [0.5, 0.6) is 0 Å². The van der Waals surface area contributed by atoms with Gasteiger partial charge in [0.1, 0.15) is 11.6 Å². The topological polar surface area (TPSA) is 43.8 Å². The van der Waals surface area contributed by atoms with Gasteiger partial charge < -0.3 is 10.3 Å². The van der Waals surface area contributed by atoms with E-state index in [0.717, 1.165) is 24.4 Å². The Kier molecular flexibility index (Phi) is 4.32. The van der Waals surface area contributed by atoms with Gasteiger partial charge in [0, 0.05) is 31.4 Å². The molecule has 0 amide bonds. The molecule has 0 saturated carbocycles. The van der Waals surface area contributed by atoms with Gasteiger partial charge in [0.05, 0.1) is 0 Å². The number of halogens is 1. The molecule has 0 fully saturated rings. The maximum absolute atomic E-state index is 13.5. The van der Waals surface area contributed by atoms with Crippen molar-refractivity contribution in [2.45, 2.75) is 39.3 Å². The minimum atomic E-state index is -0.229. The Labute approximate surface area is 113 Å². The van der Waals surface area contributed by atoms with E-state index in [1.807, 2.05) is 12.3 Å². The van der Waals surface area contributed by atoms with E-state index in [1.54, 1.807) is 19.2 Å². The zero-order valence-corrected chi connectivity index (χ0v) is 11.4. The van der Waals surface area contributed by atoms with Gasteiger partial charge in [-0.15, -0.1) is 0 Å². The van der Waals surface area contributed by atoms with Gasteiger partial charge in [0.15, 0.2) is 0 Å². The molecule has 2 N–H and O–H groups in total. The summed E-state index contributed by atoms with van der Waals surface area (Å²) in [5.74, 6) is 0.750. The smallest absolute Gasteiger partial charge is 0.126 e. The lowest BCUT2D eigenvalue weighted by molar-refractivity contribution is 0.588. The van der Waals surface area contributed by atoms with Crippen molar-refractivity contribution in [3.05, 3.63) is 53.4 Å². The van der Waals surface area contributed by atoms with E-state index in [1.165, 1.54) is 6.07 Å². The quantitative estimate of drug-likeness (QED) is 0.899. The Balaban J connectivity index is 2.13. The highest BCUT2D eigenvalue weighted by atomic mass is 19.1. The van der Waals surface area contributed by atoms with Gasteiger partial charge >= 0.3 is 0 Å². The molecule has 1 aromatic heterocycles. The number of nitrogens with zero attached hydrogens (tertiary/aromatic N) is 2. The summed E-state index contributed by atoms with van der Waals surface area (Å²) in [5, 5.41) is 0. The van der Waals surface area contributed by atoms with Crippen LogP contribution in [-0.4, -0.2) is 9.55 Å². The van der Waals surface area contributed by atoms with Crippen molar-refractivity contribution < 1.29 is 4.39 Å². The van der Waals surface area contributed by atoms with Crippen LogP contribution in [0.4, 0.5) is 4.39 Å². The zero-order valence-electron chi connectivity index (χ0n) is 11.4. The molecule has 1 unspecified atom stereocenters. The molecular weight excluding hydrogens is 241 g/mol. The summed E-state index contributed by atoms with van der Waals surface area (Å²) in [6.45, 7) is 4.81. The number of nitrogens with two attached hydrogens (primary N) is 1. The first-order valence-corrected chi connectivity index (χ1v) is 6.63. The first kappa shape index (κ1) is 13.7. The van der Waals surface area contributed by atoms with Gasteiger partial charge in [-0.3, -0.25) is 0 Å². The van der Waals surface area contributed by atoms with Crippen molar-refractivity contribution in [2.75, 3.05) is 0 Å². The second kappa shape index (κ2) is 5.97. The van der Waals surface area contributed by atoms with Crippen LogP contribution >= 0.6 is 0 Å². The predicted octanol–water partition coefficient (Wildman–Crippen LogP) is 2.98. The average molecular weight is 261 g/mol. The molecule has 19 heavy (non-hydrogen) atoms. The molecule has 1 aromatic carbocycles. The number of rotatable bonds is 5. The molecule has 0 bridgehead atoms. The fourth-order valence-corrected chi connectivity index (χ4v) is 2.13. The zero-order chi connectivity index (χ0) is 13.8. The summed E-state index contributed by atoms with van der Waals surface area (Å²) in [4.78, 5) is 4.33. The number of imidazole rings is 1. The highest BCUT2D eigenvalue weighted by Crippen LogP contribution is 2.18. The Morgan fingerprint density at radius 1 is 1.42 bits per heavy atom. The van der Waals surface area contributed by atoms with Crippen LogP contribution in [0.2, 0.25) is 0 Å². The predicted molar refractivity (Wildman–Crippen MR) is 74.3 cm³/mol. The fourth-order valence-electron chi connectivity index (χ4n) is 2.13. The van der Waals surface area contributed by atoms with Gasteiger partial charge in [-0.1, -0.05) is 19.1 Å². The molecule has 1 atom stereocenters. The van der Waals surface area contributed by atoms with Crippen molar-refractivity contribution >= 4 is 0 Å². The third-order valence-electron chi connectivity index (χ3n) is 3.29. The van der Waals surface area contributed by atoms with Gasteiger partial charge in [-0.25, -0.2) is 9.37 Å². The summed E-state index contributed by atoms with van der Waals surface area (Å²) >= 11 is 0. The average Bonchev–Trinajstić information content (AvgIpc) is 2.80. The van der Waals surface area contributed by atoms with Crippen LogP contribution in [-0.2, 0) is 13.0 Å². The summed E-state index contributed by atoms with van der Waals surface area (Å²) in [7, 11) is 0. The number of hydrogen-bond donors (Lipinski definition) is 1. The molecule has 0 aliphatic heterocycles. The van der Waals surface area contributed by atoms with E-state index in [9.17, 15) is 4.39 Å². The van der Waals surface area contributed by atoms with Gasteiger partial charge in [-0.2, -0.15) is 0 Å². The second-order valence-corrected chi connectivity index (χ2v) is 4.86. The number of aromatic nitrogens is 2. The Bertz CT molecular complexity index is 548. The van der Waals surface area contributed by atoms with Crippen molar-refractivity contribution in [3.8, 4) is 0 Å². The summed E-state index contributed by atoms with van der Waals surface area (Å²) in [6, 6.07) is 4.94. The molecule has 1 heterocycles. The highest BCUT2D eigenvalue weighted by Gasteiger charge is 2.12. The van der Waals surface area contributed by atoms with Crippen molar-refractivity contribution in [3.63, 3.8) is 0 Å². The van der Waals surface area contributed by atoms with E-state index in [4.69, 9.17) is 5.73 Å². The lowest BCUT2D eigenvalue weighted by atomic mass is 10.0. The van der Waals surface area contributed by atoms with Crippen LogP contribution < -0.4 is 5.73 Å². The van der Waals surface area contributed by atoms with Gasteiger partial charge in [-0.05, 0) is 30.5 Å². The SMILES string of the molecule is CCCn1ccnc1CC(N)c1ccc(C)c(F)c1. The number of hydrogen-bond acceptors (Lipinski definition) is 2. The van der Waals surface area contributed by atoms with Crippen LogP contribution in [0.1, 0.15) is 36.3 Å². The van der Waals surface area contributed by atoms with E-state index < -0.39 is 0 Å². The van der Waals surface area contributed by atoms with Crippen molar-refractivity contribution in [1.82, 2.24) is 9.55 Å². The maximum Gasteiger partial charge on any atom is 0.126 e. The lowest BCUT2D eigenvalue weighted by Crippen LogP contribution is -2.17. The number of benzene rings is 1. The van der Waals surface area contributed by atoms with E-state index in [-0.39, 0.29) is 11.9 Å². The molecule has 0 aliphatic carbocycles. The second-order valence-electron chi connectivity index (χ2n) is 4.86. The molecule has 102 valence electrons. The van der Waals surface area contributed by atoms with Gasteiger partial charge in [0.2, 0.25) is 0 Å². The Morgan fingerprint density at radius 3 is 2.89 bits per heavy atom. The Hall–Kier alpha value is -1.68. The summed E-state index contributed by atoms with van der Waals surface area (Å²) in [5.41, 5.74) is 7.61. The van der Waals surface area contributed by atoms with Crippen LogP contribution in [0.3, 0.4) is 0 Å². The summed E-state index contributed by atoms with van der Waals surface area (Å²) in [6.07, 6.45) is 5.42. The van der Waals surface area contributed by atoms with E-state index in [0.29, 0.717) is 12.0 Å². The molecule has 0 aliphatic rings. The summed E-state index contributed by atoms with van der Waals surface area (Å²) < 4.78 is 15.6. The molecule has 3 nitrogen and oxygen atoms in total. The van der Waals surface area contributed by atoms with Crippen LogP contribution in [0.25, 0.3) is 0 Å². The Morgan fingerprint density at radius 2 is 2.21 bits per heavy atom. The molecule has 0 radical (unpaired) electrons. The monoisotopic (exact) mass is 261 g/mol. The first-order valence-electron chi connectivity index (χ1n) is 6.63. The maximum atomic E-state index is 13.5. The van der Waals surface area contributed by atoms with Crippen LogP contribution in [0.15, 0.2) is 30.6 Å². The van der Waals surface area contributed by atoms with Crippen molar-refractivity contribution in [2.24, 2.45) is 5.73 Å². The van der Waals surface area contributed by atoms with Crippen LogP contribution in [0, 0.1) is 12.7 Å². The van der Waals surface area contributed by atoms with E-state index >= 15 is 0 Å². The van der Waals surface area contributed by atoms with Gasteiger partial charge in [0.25, 0.3) is 0 Å². The fraction of sp³-hybridized carbons (Fsp3) is 0.400. The molecular formula is C15H20FN3. The normalized spacial score (nSPS) is 12.6.